The number of nitrogens with zero attached hydrogens (tertiary/aromatic N) is 1. The molecule has 1 aliphatic rings. The van der Waals surface area contributed by atoms with E-state index in [2.05, 4.69) is 26.3 Å². The second-order valence-corrected chi connectivity index (χ2v) is 7.88. The standard InChI is InChI=1S/C18H27Cl2N5O2/c1-11(2)24-17(26)12-4-3-5-14(8-12)25-18(27)22-7-6-21-16-15(20)9-13(19)10-23-16/h9-12,14H,3-8H2,1-2H3,(H,21,23)(H,24,26)(H2,22,25,27). The van der Waals surface area contributed by atoms with Crippen molar-refractivity contribution in [2.24, 2.45) is 5.92 Å². The molecule has 0 aliphatic heterocycles. The molecule has 1 heterocycles. The van der Waals surface area contributed by atoms with Crippen LogP contribution in [0.4, 0.5) is 10.6 Å². The number of amides is 3. The van der Waals surface area contributed by atoms with E-state index in [1.54, 1.807) is 6.07 Å². The quantitative estimate of drug-likeness (QED) is 0.514. The highest BCUT2D eigenvalue weighted by Crippen LogP contribution is 2.24. The third-order valence-corrected chi connectivity index (χ3v) is 4.82. The lowest BCUT2D eigenvalue weighted by atomic mass is 9.85. The number of anilines is 1. The Labute approximate surface area is 170 Å². The van der Waals surface area contributed by atoms with Crippen LogP contribution in [0.15, 0.2) is 12.3 Å². The number of halogens is 2. The van der Waals surface area contributed by atoms with Gasteiger partial charge in [0.25, 0.3) is 0 Å². The minimum absolute atomic E-state index is 0.0157. The molecule has 1 aromatic rings. The van der Waals surface area contributed by atoms with Gasteiger partial charge in [0, 0.05) is 37.3 Å². The zero-order chi connectivity index (χ0) is 19.8. The van der Waals surface area contributed by atoms with E-state index in [4.69, 9.17) is 23.2 Å². The van der Waals surface area contributed by atoms with E-state index >= 15 is 0 Å². The van der Waals surface area contributed by atoms with Gasteiger partial charge < -0.3 is 21.3 Å². The van der Waals surface area contributed by atoms with Crippen LogP contribution in [0, 0.1) is 5.92 Å². The van der Waals surface area contributed by atoms with E-state index in [0.29, 0.717) is 35.4 Å². The maximum Gasteiger partial charge on any atom is 0.315 e. The molecule has 0 spiro atoms. The van der Waals surface area contributed by atoms with E-state index in [1.165, 1.54) is 6.20 Å². The van der Waals surface area contributed by atoms with Crippen molar-refractivity contribution in [3.63, 3.8) is 0 Å². The first-order valence-corrected chi connectivity index (χ1v) is 10.0. The molecular formula is C18H27Cl2N5O2. The van der Waals surface area contributed by atoms with Gasteiger partial charge in [-0.2, -0.15) is 0 Å². The summed E-state index contributed by atoms with van der Waals surface area (Å²) in [6.07, 6.45) is 4.88. The minimum atomic E-state index is -0.234. The predicted octanol–water partition coefficient (Wildman–Crippen LogP) is 3.18. The highest BCUT2D eigenvalue weighted by atomic mass is 35.5. The van der Waals surface area contributed by atoms with Gasteiger partial charge in [0.15, 0.2) is 0 Å². The van der Waals surface area contributed by atoms with Crippen molar-refractivity contribution < 1.29 is 9.59 Å². The number of carbonyl (C=O) groups is 2. The number of nitrogens with one attached hydrogen (secondary N) is 4. The van der Waals surface area contributed by atoms with Crippen molar-refractivity contribution in [1.82, 2.24) is 20.9 Å². The van der Waals surface area contributed by atoms with E-state index in [-0.39, 0.29) is 29.9 Å². The van der Waals surface area contributed by atoms with Crippen molar-refractivity contribution in [1.29, 1.82) is 0 Å². The normalized spacial score (nSPS) is 19.4. The Bertz CT molecular complexity index is 657. The lowest BCUT2D eigenvalue weighted by Gasteiger charge is -2.29. The summed E-state index contributed by atoms with van der Waals surface area (Å²) in [5.41, 5.74) is 0. The number of hydrogen-bond donors (Lipinski definition) is 4. The van der Waals surface area contributed by atoms with Crippen LogP contribution in [0.5, 0.6) is 0 Å². The largest absolute Gasteiger partial charge is 0.367 e. The molecule has 2 rings (SSSR count). The zero-order valence-corrected chi connectivity index (χ0v) is 17.2. The average molecular weight is 416 g/mol. The number of hydrogen-bond acceptors (Lipinski definition) is 4. The Morgan fingerprint density at radius 2 is 2.04 bits per heavy atom. The Balaban J connectivity index is 1.68. The van der Waals surface area contributed by atoms with Gasteiger partial charge in [-0.15, -0.1) is 0 Å². The Hall–Kier alpha value is -1.73. The van der Waals surface area contributed by atoms with Crippen LogP contribution >= 0.6 is 23.2 Å². The lowest BCUT2D eigenvalue weighted by molar-refractivity contribution is -0.126. The first kappa shape index (κ1) is 21.6. The van der Waals surface area contributed by atoms with Crippen molar-refractivity contribution in [3.05, 3.63) is 22.3 Å². The predicted molar refractivity (Wildman–Crippen MR) is 108 cm³/mol. The summed E-state index contributed by atoms with van der Waals surface area (Å²) in [6, 6.07) is 1.52. The molecule has 1 aromatic heterocycles. The third kappa shape index (κ3) is 7.42. The summed E-state index contributed by atoms with van der Waals surface area (Å²) in [5, 5.41) is 12.6. The van der Waals surface area contributed by atoms with Crippen molar-refractivity contribution >= 4 is 41.0 Å². The van der Waals surface area contributed by atoms with Crippen molar-refractivity contribution in [2.45, 2.75) is 51.6 Å². The first-order chi connectivity index (χ1) is 12.8. The molecule has 0 radical (unpaired) electrons. The molecule has 1 fully saturated rings. The molecule has 0 saturated heterocycles. The number of aromatic nitrogens is 1. The van der Waals surface area contributed by atoms with E-state index < -0.39 is 0 Å². The smallest absolute Gasteiger partial charge is 0.315 e. The maximum absolute atomic E-state index is 12.2. The summed E-state index contributed by atoms with van der Waals surface area (Å²) in [7, 11) is 0. The van der Waals surface area contributed by atoms with Crippen molar-refractivity contribution in [2.75, 3.05) is 18.4 Å². The van der Waals surface area contributed by atoms with Crippen molar-refractivity contribution in [3.8, 4) is 0 Å². The number of urea groups is 1. The fourth-order valence-corrected chi connectivity index (χ4v) is 3.55. The van der Waals surface area contributed by atoms with Crippen LogP contribution in [0.25, 0.3) is 0 Å². The van der Waals surface area contributed by atoms with Gasteiger partial charge in [-0.05, 0) is 39.2 Å². The second kappa shape index (κ2) is 10.6. The molecule has 9 heteroatoms. The average Bonchev–Trinajstić information content (AvgIpc) is 2.60. The van der Waals surface area contributed by atoms with Gasteiger partial charge in [0.05, 0.1) is 10.0 Å². The maximum atomic E-state index is 12.2. The Morgan fingerprint density at radius 3 is 2.74 bits per heavy atom. The van der Waals surface area contributed by atoms with Gasteiger partial charge in [-0.1, -0.05) is 29.6 Å². The Morgan fingerprint density at radius 1 is 1.26 bits per heavy atom. The SMILES string of the molecule is CC(C)NC(=O)C1CCCC(NC(=O)NCCNc2ncc(Cl)cc2Cl)C1. The third-order valence-electron chi connectivity index (χ3n) is 4.32. The van der Waals surface area contributed by atoms with E-state index in [0.717, 1.165) is 19.3 Å². The Kier molecular flexibility index (Phi) is 8.44. The molecule has 2 unspecified atom stereocenters. The summed E-state index contributed by atoms with van der Waals surface area (Å²) < 4.78 is 0. The second-order valence-electron chi connectivity index (χ2n) is 7.03. The molecule has 4 N–H and O–H groups in total. The fraction of sp³-hybridized carbons (Fsp3) is 0.611. The van der Waals surface area contributed by atoms with Crippen LogP contribution in [-0.2, 0) is 4.79 Å². The lowest BCUT2D eigenvalue weighted by Crippen LogP contribution is -2.47. The first-order valence-electron chi connectivity index (χ1n) is 9.24. The highest BCUT2D eigenvalue weighted by Gasteiger charge is 2.28. The molecule has 0 aromatic carbocycles. The summed E-state index contributed by atoms with van der Waals surface area (Å²) in [6.45, 7) is 4.79. The van der Waals surface area contributed by atoms with Gasteiger partial charge in [0.2, 0.25) is 5.91 Å². The van der Waals surface area contributed by atoms with Crippen LogP contribution in [0.3, 0.4) is 0 Å². The molecular weight excluding hydrogens is 389 g/mol. The summed E-state index contributed by atoms with van der Waals surface area (Å²) in [5.74, 6) is 0.564. The van der Waals surface area contributed by atoms with Crippen LogP contribution in [-0.4, -0.2) is 42.1 Å². The molecule has 0 bridgehead atoms. The molecule has 7 nitrogen and oxygen atoms in total. The topological polar surface area (TPSA) is 95.2 Å². The molecule has 2 atom stereocenters. The number of pyridine rings is 1. The molecule has 150 valence electrons. The number of carbonyl (C=O) groups excluding carboxylic acids is 2. The summed E-state index contributed by atoms with van der Waals surface area (Å²) >= 11 is 11.8. The monoisotopic (exact) mass is 415 g/mol. The van der Waals surface area contributed by atoms with Crippen LogP contribution in [0.1, 0.15) is 39.5 Å². The number of rotatable bonds is 7. The van der Waals surface area contributed by atoms with Crippen LogP contribution < -0.4 is 21.3 Å². The zero-order valence-electron chi connectivity index (χ0n) is 15.6. The van der Waals surface area contributed by atoms with Gasteiger partial charge in [-0.3, -0.25) is 4.79 Å². The minimum Gasteiger partial charge on any atom is -0.367 e. The van der Waals surface area contributed by atoms with Crippen LogP contribution in [0.2, 0.25) is 10.0 Å². The molecule has 27 heavy (non-hydrogen) atoms. The molecule has 1 aliphatic carbocycles. The molecule has 3 amide bonds. The highest BCUT2D eigenvalue weighted by molar-refractivity contribution is 6.35. The van der Waals surface area contributed by atoms with Gasteiger partial charge in [0.1, 0.15) is 5.82 Å². The fourth-order valence-electron chi connectivity index (χ4n) is 3.10. The molecule has 1 saturated carbocycles. The van der Waals surface area contributed by atoms with E-state index in [9.17, 15) is 9.59 Å². The summed E-state index contributed by atoms with van der Waals surface area (Å²) in [4.78, 5) is 28.3. The van der Waals surface area contributed by atoms with Gasteiger partial charge in [-0.25, -0.2) is 9.78 Å². The van der Waals surface area contributed by atoms with E-state index in [1.807, 2.05) is 13.8 Å². The van der Waals surface area contributed by atoms with Gasteiger partial charge >= 0.3 is 6.03 Å².